The fourth-order valence-corrected chi connectivity index (χ4v) is 3.67. The molecule has 0 fully saturated rings. The van der Waals surface area contributed by atoms with E-state index in [1.807, 2.05) is 19.9 Å². The molecule has 0 bridgehead atoms. The first-order valence-corrected chi connectivity index (χ1v) is 10.5. The molecule has 3 aromatic rings. The highest BCUT2D eigenvalue weighted by atomic mass is 35.5. The van der Waals surface area contributed by atoms with E-state index < -0.39 is 11.9 Å². The summed E-state index contributed by atoms with van der Waals surface area (Å²) in [7, 11) is 0. The standard InChI is InChI=1S/C19H19Cl2FN4O3S/c1-10(2)29-17-4-3-11(7-23-17)18-25-26-19(30-18)13-5-15(22)16(6-14(13)20)28-9-12(8-27)24-21/h3-7,10,12,24,27H,8-9H2,1-2H3/t12-/m1/s1. The van der Waals surface area contributed by atoms with Gasteiger partial charge < -0.3 is 14.6 Å². The van der Waals surface area contributed by atoms with E-state index in [9.17, 15) is 4.39 Å². The molecule has 0 amide bonds. The molecule has 7 nitrogen and oxygen atoms in total. The number of hydrogen-bond acceptors (Lipinski definition) is 8. The van der Waals surface area contributed by atoms with Gasteiger partial charge in [-0.2, -0.15) is 0 Å². The maximum Gasteiger partial charge on any atom is 0.213 e. The van der Waals surface area contributed by atoms with Gasteiger partial charge in [-0.1, -0.05) is 22.9 Å². The van der Waals surface area contributed by atoms with Crippen LogP contribution in [0.1, 0.15) is 13.8 Å². The van der Waals surface area contributed by atoms with E-state index in [4.69, 9.17) is 38.0 Å². The van der Waals surface area contributed by atoms with Gasteiger partial charge in [0.05, 0.1) is 23.8 Å². The van der Waals surface area contributed by atoms with Crippen LogP contribution in [0.3, 0.4) is 0 Å². The SMILES string of the molecule is CC(C)Oc1ccc(-c2nnc(-c3cc(F)c(OC[C@@H](CO)NCl)cc3Cl)s2)cn1. The third-order valence-corrected chi connectivity index (χ3v) is 5.46. The summed E-state index contributed by atoms with van der Waals surface area (Å²) >= 11 is 13.0. The Balaban J connectivity index is 1.78. The Morgan fingerprint density at radius 1 is 1.23 bits per heavy atom. The van der Waals surface area contributed by atoms with Crippen LogP contribution < -0.4 is 14.3 Å². The average molecular weight is 473 g/mol. The molecule has 0 saturated heterocycles. The van der Waals surface area contributed by atoms with Gasteiger partial charge in [-0.15, -0.1) is 10.2 Å². The highest BCUT2D eigenvalue weighted by Crippen LogP contribution is 2.37. The van der Waals surface area contributed by atoms with Gasteiger partial charge in [-0.3, -0.25) is 0 Å². The lowest BCUT2D eigenvalue weighted by Gasteiger charge is -2.14. The van der Waals surface area contributed by atoms with Crippen molar-refractivity contribution >= 4 is 34.7 Å². The molecular formula is C19H19Cl2FN4O3S. The molecule has 160 valence electrons. The number of ether oxygens (including phenoxy) is 2. The minimum absolute atomic E-state index is 0.0287. The topological polar surface area (TPSA) is 89.4 Å². The third kappa shape index (κ3) is 5.55. The van der Waals surface area contributed by atoms with Crippen LogP contribution in [0.25, 0.3) is 21.1 Å². The number of aromatic nitrogens is 3. The predicted molar refractivity (Wildman–Crippen MR) is 115 cm³/mol. The largest absolute Gasteiger partial charge is 0.489 e. The summed E-state index contributed by atoms with van der Waals surface area (Å²) in [4.78, 5) is 6.59. The van der Waals surface area contributed by atoms with Gasteiger partial charge in [0.25, 0.3) is 0 Å². The Labute approximate surface area is 186 Å². The Bertz CT molecular complexity index is 984. The molecule has 0 spiro atoms. The number of rotatable bonds is 9. The van der Waals surface area contributed by atoms with Crippen molar-refractivity contribution in [2.24, 2.45) is 0 Å². The van der Waals surface area contributed by atoms with Crippen molar-refractivity contribution in [1.82, 2.24) is 20.0 Å². The average Bonchev–Trinajstić information content (AvgIpc) is 3.21. The monoisotopic (exact) mass is 472 g/mol. The van der Waals surface area contributed by atoms with Gasteiger partial charge in [0.15, 0.2) is 11.6 Å². The van der Waals surface area contributed by atoms with Crippen LogP contribution in [-0.4, -0.2) is 45.6 Å². The van der Waals surface area contributed by atoms with Crippen LogP contribution in [0.2, 0.25) is 5.02 Å². The lowest BCUT2D eigenvalue weighted by atomic mass is 10.2. The second-order valence-corrected chi connectivity index (χ2v) is 8.13. The van der Waals surface area contributed by atoms with E-state index in [2.05, 4.69) is 20.0 Å². The van der Waals surface area contributed by atoms with Gasteiger partial charge in [-0.25, -0.2) is 14.2 Å². The number of nitrogens with zero attached hydrogens (tertiary/aromatic N) is 3. The minimum Gasteiger partial charge on any atom is -0.489 e. The number of aliphatic hydroxyl groups is 1. The Kier molecular flexibility index (Phi) is 7.79. The first kappa shape index (κ1) is 22.6. The maximum atomic E-state index is 14.5. The Hall–Kier alpha value is -2.04. The van der Waals surface area contributed by atoms with E-state index in [-0.39, 0.29) is 30.1 Å². The van der Waals surface area contributed by atoms with E-state index in [0.717, 1.165) is 5.56 Å². The zero-order valence-electron chi connectivity index (χ0n) is 16.1. The number of benzene rings is 1. The van der Waals surface area contributed by atoms with Crippen molar-refractivity contribution in [2.45, 2.75) is 26.0 Å². The lowest BCUT2D eigenvalue weighted by Crippen LogP contribution is -2.32. The molecule has 0 aliphatic carbocycles. The van der Waals surface area contributed by atoms with Gasteiger partial charge in [0.1, 0.15) is 16.6 Å². The van der Waals surface area contributed by atoms with Crippen LogP contribution >= 0.6 is 34.7 Å². The third-order valence-electron chi connectivity index (χ3n) is 3.83. The summed E-state index contributed by atoms with van der Waals surface area (Å²) in [5.74, 6) is -0.148. The van der Waals surface area contributed by atoms with Crippen molar-refractivity contribution < 1.29 is 19.0 Å². The summed E-state index contributed by atoms with van der Waals surface area (Å²) in [5.41, 5.74) is 1.15. The molecule has 0 radical (unpaired) electrons. The van der Waals surface area contributed by atoms with E-state index in [1.54, 1.807) is 12.3 Å². The first-order chi connectivity index (χ1) is 14.4. The molecular weight excluding hydrogens is 454 g/mol. The fraction of sp³-hybridized carbons (Fsp3) is 0.316. The van der Waals surface area contributed by atoms with Crippen molar-refractivity contribution in [1.29, 1.82) is 0 Å². The maximum absolute atomic E-state index is 14.5. The molecule has 2 aromatic heterocycles. The van der Waals surface area contributed by atoms with Crippen LogP contribution in [-0.2, 0) is 0 Å². The summed E-state index contributed by atoms with van der Waals surface area (Å²) < 4.78 is 25.4. The second kappa shape index (κ2) is 10.3. The number of nitrogens with one attached hydrogen (secondary N) is 1. The molecule has 0 aliphatic rings. The molecule has 0 unspecified atom stereocenters. The van der Waals surface area contributed by atoms with Crippen LogP contribution in [0.4, 0.5) is 4.39 Å². The quantitative estimate of drug-likeness (QED) is 0.447. The second-order valence-electron chi connectivity index (χ2n) is 6.53. The summed E-state index contributed by atoms with van der Waals surface area (Å²) in [5, 5.41) is 18.7. The number of pyridine rings is 1. The van der Waals surface area contributed by atoms with Crippen molar-refractivity contribution in [3.63, 3.8) is 0 Å². The molecule has 1 atom stereocenters. The summed E-state index contributed by atoms with van der Waals surface area (Å²) in [6, 6.07) is 5.64. The minimum atomic E-state index is -0.616. The van der Waals surface area contributed by atoms with E-state index in [0.29, 0.717) is 21.5 Å². The predicted octanol–water partition coefficient (Wildman–Crippen LogP) is 4.33. The van der Waals surface area contributed by atoms with Gasteiger partial charge >= 0.3 is 0 Å². The highest BCUT2D eigenvalue weighted by molar-refractivity contribution is 7.18. The number of aliphatic hydroxyl groups excluding tert-OH is 1. The number of halogens is 3. The smallest absolute Gasteiger partial charge is 0.213 e. The molecule has 2 heterocycles. The van der Waals surface area contributed by atoms with Gasteiger partial charge in [-0.05, 0) is 37.8 Å². The Morgan fingerprint density at radius 3 is 2.63 bits per heavy atom. The van der Waals surface area contributed by atoms with Gasteiger partial charge in [0, 0.05) is 29.5 Å². The van der Waals surface area contributed by atoms with E-state index in [1.165, 1.54) is 23.5 Å². The normalized spacial score (nSPS) is 12.2. The fourth-order valence-electron chi connectivity index (χ4n) is 2.38. The lowest BCUT2D eigenvalue weighted by molar-refractivity contribution is 0.194. The zero-order valence-corrected chi connectivity index (χ0v) is 18.4. The van der Waals surface area contributed by atoms with Crippen molar-refractivity contribution in [3.8, 4) is 32.8 Å². The zero-order chi connectivity index (χ0) is 21.7. The number of hydrogen-bond donors (Lipinski definition) is 2. The van der Waals surface area contributed by atoms with Crippen LogP contribution in [0.15, 0.2) is 30.5 Å². The molecule has 1 aromatic carbocycles. The molecule has 30 heavy (non-hydrogen) atoms. The van der Waals surface area contributed by atoms with E-state index >= 15 is 0 Å². The highest BCUT2D eigenvalue weighted by Gasteiger charge is 2.17. The Morgan fingerprint density at radius 2 is 2.00 bits per heavy atom. The van der Waals surface area contributed by atoms with Crippen LogP contribution in [0.5, 0.6) is 11.6 Å². The van der Waals surface area contributed by atoms with Crippen molar-refractivity contribution in [2.75, 3.05) is 13.2 Å². The first-order valence-electron chi connectivity index (χ1n) is 8.97. The van der Waals surface area contributed by atoms with Crippen molar-refractivity contribution in [3.05, 3.63) is 41.3 Å². The molecule has 11 heteroatoms. The molecule has 3 rings (SSSR count). The molecule has 0 saturated carbocycles. The molecule has 0 aliphatic heterocycles. The van der Waals surface area contributed by atoms with Gasteiger partial charge in [0.2, 0.25) is 5.88 Å². The molecule has 2 N–H and O–H groups in total. The summed E-state index contributed by atoms with van der Waals surface area (Å²) in [6.45, 7) is 3.56. The van der Waals surface area contributed by atoms with Crippen LogP contribution in [0, 0.1) is 5.82 Å². The summed E-state index contributed by atoms with van der Waals surface area (Å²) in [6.07, 6.45) is 1.67.